The molecule has 1 atom stereocenters. The zero-order valence-electron chi connectivity index (χ0n) is 23.9. The number of aryl methyl sites for hydroxylation is 1. The van der Waals surface area contributed by atoms with Gasteiger partial charge in [-0.1, -0.05) is 5.16 Å². The van der Waals surface area contributed by atoms with Crippen LogP contribution in [0.15, 0.2) is 10.7 Å². The van der Waals surface area contributed by atoms with Gasteiger partial charge in [0.15, 0.2) is 22.9 Å². The normalized spacial score (nSPS) is 21.1. The Balaban J connectivity index is 1.40. The zero-order valence-corrected chi connectivity index (χ0v) is 24.8. The van der Waals surface area contributed by atoms with Crippen molar-refractivity contribution in [2.75, 3.05) is 44.4 Å². The van der Waals surface area contributed by atoms with E-state index in [-0.39, 0.29) is 6.04 Å². The van der Waals surface area contributed by atoms with Crippen LogP contribution < -0.4 is 10.6 Å². The molecule has 2 aliphatic carbocycles. The molecule has 1 saturated heterocycles. The first kappa shape index (κ1) is 26.4. The molecule has 11 nitrogen and oxygen atoms in total. The number of likely N-dealkylation sites (tertiary alicyclic amines) is 1. The molecule has 1 aliphatic heterocycles. The molecule has 3 aliphatic rings. The first-order valence-corrected chi connectivity index (χ1v) is 15.1. The number of aliphatic hydroxyl groups is 1. The van der Waals surface area contributed by atoms with E-state index >= 15 is 0 Å². The summed E-state index contributed by atoms with van der Waals surface area (Å²) < 4.78 is 8.24. The minimum Gasteiger partial charge on any atom is -0.389 e. The van der Waals surface area contributed by atoms with E-state index in [0.717, 1.165) is 79.5 Å². The summed E-state index contributed by atoms with van der Waals surface area (Å²) >= 11 is 1.54. The van der Waals surface area contributed by atoms with Gasteiger partial charge in [-0.05, 0) is 65.0 Å². The van der Waals surface area contributed by atoms with Gasteiger partial charge in [0.05, 0.1) is 34.2 Å². The monoisotopic (exact) mass is 573 g/mol. The number of nitriles is 1. The molecule has 5 heterocycles. The number of nitrogens with zero attached hydrogens (tertiary/aromatic N) is 8. The molecule has 214 valence electrons. The lowest BCUT2D eigenvalue weighted by Gasteiger charge is -2.39. The van der Waals surface area contributed by atoms with Crippen LogP contribution in [0.5, 0.6) is 0 Å². The molecule has 7 rings (SSSR count). The van der Waals surface area contributed by atoms with Crippen LogP contribution >= 0.6 is 11.3 Å². The van der Waals surface area contributed by atoms with Gasteiger partial charge in [-0.2, -0.15) is 10.4 Å². The quantitative estimate of drug-likeness (QED) is 0.363. The molecule has 0 unspecified atom stereocenters. The average molecular weight is 574 g/mol. The molecule has 1 spiro atoms. The fraction of sp³-hybridized carbons (Fsp3) is 0.552. The molecule has 4 aromatic heterocycles. The molecule has 0 amide bonds. The number of aromatic nitrogens is 5. The molecule has 0 saturated carbocycles. The van der Waals surface area contributed by atoms with Crippen LogP contribution in [-0.2, 0) is 18.3 Å². The molecule has 12 heteroatoms. The van der Waals surface area contributed by atoms with Gasteiger partial charge < -0.3 is 25.2 Å². The summed E-state index contributed by atoms with van der Waals surface area (Å²) in [5.74, 6) is 2.02. The molecule has 0 aromatic carbocycles. The van der Waals surface area contributed by atoms with Crippen LogP contribution in [0.25, 0.3) is 22.6 Å². The van der Waals surface area contributed by atoms with Gasteiger partial charge in [-0.3, -0.25) is 0 Å². The minimum atomic E-state index is -0.919. The maximum absolute atomic E-state index is 10.6. The third-order valence-corrected chi connectivity index (χ3v) is 9.96. The first-order valence-electron chi connectivity index (χ1n) is 14.3. The third-order valence-electron chi connectivity index (χ3n) is 8.88. The molecule has 0 bridgehead atoms. The van der Waals surface area contributed by atoms with E-state index in [2.05, 4.69) is 23.2 Å². The Kier molecular flexibility index (Phi) is 5.94. The van der Waals surface area contributed by atoms with Crippen molar-refractivity contribution in [3.63, 3.8) is 0 Å². The Bertz CT molecular complexity index is 1700. The SMILES string of the molecule is CN1CC(n2ncc3c(N(C)CC(C)(C)O)nc(-c4noc5c4CCC[C@@]54CCCc5sc(N)c(C#N)c54)nc32)C1. The second kappa shape index (κ2) is 9.24. The highest BCUT2D eigenvalue weighted by Gasteiger charge is 2.49. The average Bonchev–Trinajstić information content (AvgIpc) is 3.61. The summed E-state index contributed by atoms with van der Waals surface area (Å²) in [7, 11) is 4.03. The smallest absolute Gasteiger partial charge is 0.186 e. The van der Waals surface area contributed by atoms with Crippen LogP contribution in [0.4, 0.5) is 10.8 Å². The maximum Gasteiger partial charge on any atom is 0.186 e. The Morgan fingerprint density at radius 1 is 1.27 bits per heavy atom. The zero-order chi connectivity index (χ0) is 28.7. The number of nitrogens with two attached hydrogens (primary N) is 1. The number of nitrogen functional groups attached to an aromatic ring is 1. The molecular weight excluding hydrogens is 538 g/mol. The molecule has 3 N–H and O–H groups in total. The third kappa shape index (κ3) is 4.05. The van der Waals surface area contributed by atoms with Gasteiger partial charge in [0.1, 0.15) is 16.9 Å². The van der Waals surface area contributed by atoms with E-state index in [1.54, 1.807) is 25.2 Å². The lowest BCUT2D eigenvalue weighted by molar-refractivity contribution is 0.0885. The molecular formula is C29H35N9O2S. The summed E-state index contributed by atoms with van der Waals surface area (Å²) in [6, 6.07) is 2.62. The van der Waals surface area contributed by atoms with E-state index in [1.165, 1.54) is 4.88 Å². The molecule has 4 aromatic rings. The fourth-order valence-electron chi connectivity index (χ4n) is 7.27. The summed E-state index contributed by atoms with van der Waals surface area (Å²) in [5.41, 5.74) is 9.06. The van der Waals surface area contributed by atoms with Crippen molar-refractivity contribution in [3.05, 3.63) is 33.5 Å². The minimum absolute atomic E-state index is 0.233. The van der Waals surface area contributed by atoms with Crippen molar-refractivity contribution < 1.29 is 9.63 Å². The van der Waals surface area contributed by atoms with Gasteiger partial charge >= 0.3 is 0 Å². The van der Waals surface area contributed by atoms with Gasteiger partial charge in [0.2, 0.25) is 0 Å². The highest BCUT2D eigenvalue weighted by Crippen LogP contribution is 2.55. The standard InChI is InChI=1S/C29H35N9O2S/c1-28(2,39)15-37(4)26-19-12-32-38(16-13-36(3)14-16)27(19)34-25(33-26)22-17-7-5-9-29(23(17)40-35-22)10-6-8-20-21(29)18(11-30)24(31)41-20/h12,16,39H,5-10,13-15,31H2,1-4H3/t29-/m0/s1. The van der Waals surface area contributed by atoms with Gasteiger partial charge in [-0.15, -0.1) is 11.3 Å². The largest absolute Gasteiger partial charge is 0.389 e. The number of hydrogen-bond acceptors (Lipinski definition) is 11. The number of thiophene rings is 1. The highest BCUT2D eigenvalue weighted by molar-refractivity contribution is 7.16. The predicted molar refractivity (Wildman–Crippen MR) is 157 cm³/mol. The summed E-state index contributed by atoms with van der Waals surface area (Å²) in [5, 5.41) is 31.4. The van der Waals surface area contributed by atoms with Crippen LogP contribution in [0, 0.1) is 11.3 Å². The summed E-state index contributed by atoms with van der Waals surface area (Å²) in [6.45, 7) is 5.76. The fourth-order valence-corrected chi connectivity index (χ4v) is 8.43. The number of likely N-dealkylation sites (N-methyl/N-ethyl adjacent to an activating group) is 2. The molecule has 41 heavy (non-hydrogen) atoms. The summed E-state index contributed by atoms with van der Waals surface area (Å²) in [6.07, 6.45) is 7.31. The topological polar surface area (TPSA) is 146 Å². The Labute approximate surface area is 242 Å². The van der Waals surface area contributed by atoms with Gasteiger partial charge in [0, 0.05) is 37.1 Å². The maximum atomic E-state index is 10.6. The molecule has 0 radical (unpaired) electrons. The first-order chi connectivity index (χ1) is 19.6. The van der Waals surface area contributed by atoms with Crippen LogP contribution in [-0.4, -0.2) is 74.2 Å². The van der Waals surface area contributed by atoms with Crippen molar-refractivity contribution in [2.45, 2.75) is 69.4 Å². The lowest BCUT2D eigenvalue weighted by Crippen LogP contribution is -2.45. The second-order valence-electron chi connectivity index (χ2n) is 12.6. The van der Waals surface area contributed by atoms with Crippen LogP contribution in [0.2, 0.25) is 0 Å². The number of rotatable bonds is 5. The lowest BCUT2D eigenvalue weighted by atomic mass is 9.63. The second-order valence-corrected chi connectivity index (χ2v) is 13.8. The van der Waals surface area contributed by atoms with Crippen molar-refractivity contribution >= 4 is 33.2 Å². The van der Waals surface area contributed by atoms with E-state index in [4.69, 9.17) is 25.3 Å². The summed E-state index contributed by atoms with van der Waals surface area (Å²) in [4.78, 5) is 15.5. The molecule has 1 fully saturated rings. The number of anilines is 2. The van der Waals surface area contributed by atoms with Crippen molar-refractivity contribution in [2.24, 2.45) is 0 Å². The highest BCUT2D eigenvalue weighted by atomic mass is 32.1. The van der Waals surface area contributed by atoms with E-state index in [0.29, 0.717) is 34.4 Å². The Morgan fingerprint density at radius 3 is 2.73 bits per heavy atom. The van der Waals surface area contributed by atoms with E-state index in [1.807, 2.05) is 22.8 Å². The predicted octanol–water partition coefficient (Wildman–Crippen LogP) is 3.65. The van der Waals surface area contributed by atoms with Crippen molar-refractivity contribution in [3.8, 4) is 17.6 Å². The van der Waals surface area contributed by atoms with Crippen molar-refractivity contribution in [1.29, 1.82) is 5.26 Å². The number of hydrogen-bond donors (Lipinski definition) is 2. The Morgan fingerprint density at radius 2 is 2.02 bits per heavy atom. The van der Waals surface area contributed by atoms with Gasteiger partial charge in [-0.25, -0.2) is 14.6 Å². The number of fused-ring (bicyclic) bond motifs is 5. The van der Waals surface area contributed by atoms with Gasteiger partial charge in [0.25, 0.3) is 0 Å². The Hall–Kier alpha value is -3.53. The van der Waals surface area contributed by atoms with E-state index < -0.39 is 11.0 Å². The van der Waals surface area contributed by atoms with E-state index in [9.17, 15) is 10.4 Å². The van der Waals surface area contributed by atoms with Crippen molar-refractivity contribution in [1.82, 2.24) is 29.8 Å². The van der Waals surface area contributed by atoms with Crippen LogP contribution in [0.1, 0.15) is 72.9 Å². The van der Waals surface area contributed by atoms with Crippen LogP contribution in [0.3, 0.4) is 0 Å².